The van der Waals surface area contributed by atoms with E-state index < -0.39 is 5.97 Å². The Bertz CT molecular complexity index is 441. The van der Waals surface area contributed by atoms with E-state index in [1.807, 2.05) is 0 Å². The van der Waals surface area contributed by atoms with Crippen LogP contribution in [0.15, 0.2) is 12.4 Å². The summed E-state index contributed by atoms with van der Waals surface area (Å²) in [6, 6.07) is -0.0381. The standard InChI is InChI=1S/C11H15N3O3/c1-14-6-8(5-12-14)10(15)13-9-3-2-7(4-9)11(16)17/h5-7,9H,2-4H2,1H3,(H,13,15)(H,16,17). The molecule has 1 amide bonds. The lowest BCUT2D eigenvalue weighted by Gasteiger charge is -2.11. The van der Waals surface area contributed by atoms with Crippen LogP contribution in [0, 0.1) is 5.92 Å². The van der Waals surface area contributed by atoms with Crippen LogP contribution in [0.5, 0.6) is 0 Å². The zero-order valence-corrected chi connectivity index (χ0v) is 9.59. The molecule has 2 rings (SSSR count). The summed E-state index contributed by atoms with van der Waals surface area (Å²) >= 11 is 0. The van der Waals surface area contributed by atoms with Gasteiger partial charge < -0.3 is 10.4 Å². The number of nitrogens with one attached hydrogen (secondary N) is 1. The minimum atomic E-state index is -0.775. The predicted molar refractivity (Wildman–Crippen MR) is 59.4 cm³/mol. The van der Waals surface area contributed by atoms with Gasteiger partial charge in [-0.05, 0) is 19.3 Å². The lowest BCUT2D eigenvalue weighted by atomic mass is 10.1. The van der Waals surface area contributed by atoms with Crippen molar-refractivity contribution in [3.63, 3.8) is 0 Å². The number of carboxylic acids is 1. The Morgan fingerprint density at radius 3 is 2.82 bits per heavy atom. The third-order valence-electron chi connectivity index (χ3n) is 3.08. The Kier molecular flexibility index (Phi) is 3.12. The quantitative estimate of drug-likeness (QED) is 0.797. The molecule has 1 aliphatic carbocycles. The molecule has 0 saturated heterocycles. The first kappa shape index (κ1) is 11.6. The molecular weight excluding hydrogens is 222 g/mol. The van der Waals surface area contributed by atoms with Gasteiger partial charge in [-0.15, -0.1) is 0 Å². The van der Waals surface area contributed by atoms with E-state index in [-0.39, 0.29) is 17.9 Å². The molecule has 0 aromatic carbocycles. The Balaban J connectivity index is 1.90. The normalized spacial score (nSPS) is 23.6. The number of rotatable bonds is 3. The van der Waals surface area contributed by atoms with Crippen molar-refractivity contribution < 1.29 is 14.7 Å². The molecule has 0 aliphatic heterocycles. The Labute approximate surface area is 98.6 Å². The van der Waals surface area contributed by atoms with Crippen LogP contribution >= 0.6 is 0 Å². The second-order valence-corrected chi connectivity index (χ2v) is 4.42. The van der Waals surface area contributed by atoms with Crippen LogP contribution in [0.3, 0.4) is 0 Å². The van der Waals surface area contributed by atoms with Gasteiger partial charge in [0.25, 0.3) is 5.91 Å². The molecule has 1 aliphatic rings. The number of carbonyl (C=O) groups is 2. The molecular formula is C11H15N3O3. The van der Waals surface area contributed by atoms with Gasteiger partial charge in [-0.2, -0.15) is 5.10 Å². The van der Waals surface area contributed by atoms with E-state index in [1.54, 1.807) is 17.9 Å². The van der Waals surface area contributed by atoms with Gasteiger partial charge in [-0.3, -0.25) is 14.3 Å². The number of aromatic nitrogens is 2. The maximum absolute atomic E-state index is 11.8. The maximum Gasteiger partial charge on any atom is 0.306 e. The van der Waals surface area contributed by atoms with Gasteiger partial charge in [-0.1, -0.05) is 0 Å². The molecule has 1 aromatic heterocycles. The molecule has 0 bridgehead atoms. The number of carbonyl (C=O) groups excluding carboxylic acids is 1. The smallest absolute Gasteiger partial charge is 0.306 e. The molecule has 0 radical (unpaired) electrons. The third kappa shape index (κ3) is 2.64. The van der Waals surface area contributed by atoms with E-state index >= 15 is 0 Å². The minimum absolute atomic E-state index is 0.0381. The molecule has 1 fully saturated rings. The van der Waals surface area contributed by atoms with Gasteiger partial charge in [0.05, 0.1) is 17.7 Å². The van der Waals surface area contributed by atoms with Crippen LogP contribution in [-0.2, 0) is 11.8 Å². The van der Waals surface area contributed by atoms with E-state index in [0.29, 0.717) is 18.4 Å². The van der Waals surface area contributed by atoms with Crippen LogP contribution in [0.4, 0.5) is 0 Å². The summed E-state index contributed by atoms with van der Waals surface area (Å²) in [6.07, 6.45) is 5.01. The van der Waals surface area contributed by atoms with Crippen LogP contribution in [0.25, 0.3) is 0 Å². The number of aliphatic carboxylic acids is 1. The molecule has 2 unspecified atom stereocenters. The SMILES string of the molecule is Cn1cc(C(=O)NC2CCC(C(=O)O)C2)cn1. The minimum Gasteiger partial charge on any atom is -0.481 e. The first-order chi connectivity index (χ1) is 8.06. The van der Waals surface area contributed by atoms with E-state index in [9.17, 15) is 9.59 Å². The molecule has 0 spiro atoms. The lowest BCUT2D eigenvalue weighted by molar-refractivity contribution is -0.141. The van der Waals surface area contributed by atoms with E-state index in [1.165, 1.54) is 6.20 Å². The van der Waals surface area contributed by atoms with Crippen LogP contribution in [0.1, 0.15) is 29.6 Å². The number of aryl methyl sites for hydroxylation is 1. The Hall–Kier alpha value is -1.85. The van der Waals surface area contributed by atoms with E-state index in [4.69, 9.17) is 5.11 Å². The van der Waals surface area contributed by atoms with Gasteiger partial charge in [0.1, 0.15) is 0 Å². The van der Waals surface area contributed by atoms with E-state index in [2.05, 4.69) is 10.4 Å². The average Bonchev–Trinajstić information content (AvgIpc) is 2.86. The maximum atomic E-state index is 11.8. The van der Waals surface area contributed by atoms with Crippen molar-refractivity contribution in [2.75, 3.05) is 0 Å². The molecule has 2 N–H and O–H groups in total. The zero-order chi connectivity index (χ0) is 12.4. The van der Waals surface area contributed by atoms with Crippen molar-refractivity contribution in [2.24, 2.45) is 13.0 Å². The highest BCUT2D eigenvalue weighted by atomic mass is 16.4. The lowest BCUT2D eigenvalue weighted by Crippen LogP contribution is -2.33. The van der Waals surface area contributed by atoms with Crippen LogP contribution < -0.4 is 5.32 Å². The van der Waals surface area contributed by atoms with Crippen molar-refractivity contribution >= 4 is 11.9 Å². The number of hydrogen-bond donors (Lipinski definition) is 2. The fraction of sp³-hybridized carbons (Fsp3) is 0.545. The second kappa shape index (κ2) is 4.57. The molecule has 17 heavy (non-hydrogen) atoms. The van der Waals surface area contributed by atoms with Crippen molar-refractivity contribution in [1.82, 2.24) is 15.1 Å². The highest BCUT2D eigenvalue weighted by molar-refractivity contribution is 5.93. The molecule has 92 valence electrons. The number of amides is 1. The average molecular weight is 237 g/mol. The summed E-state index contributed by atoms with van der Waals surface area (Å²) in [7, 11) is 1.74. The molecule has 2 atom stereocenters. The summed E-state index contributed by atoms with van der Waals surface area (Å²) in [5.74, 6) is -1.29. The van der Waals surface area contributed by atoms with Crippen molar-refractivity contribution in [2.45, 2.75) is 25.3 Å². The zero-order valence-electron chi connectivity index (χ0n) is 9.59. The van der Waals surface area contributed by atoms with Gasteiger partial charge >= 0.3 is 5.97 Å². The second-order valence-electron chi connectivity index (χ2n) is 4.42. The fourth-order valence-corrected chi connectivity index (χ4v) is 2.14. The summed E-state index contributed by atoms with van der Waals surface area (Å²) in [4.78, 5) is 22.6. The molecule has 1 aromatic rings. The highest BCUT2D eigenvalue weighted by Gasteiger charge is 2.30. The number of nitrogens with zero attached hydrogens (tertiary/aromatic N) is 2. The van der Waals surface area contributed by atoms with Gasteiger partial charge in [-0.25, -0.2) is 0 Å². The Morgan fingerprint density at radius 1 is 1.53 bits per heavy atom. The number of carboxylic acid groups (broad SMARTS) is 1. The summed E-state index contributed by atoms with van der Waals surface area (Å²) < 4.78 is 1.56. The summed E-state index contributed by atoms with van der Waals surface area (Å²) in [6.45, 7) is 0. The molecule has 1 heterocycles. The Morgan fingerprint density at radius 2 is 2.29 bits per heavy atom. The van der Waals surface area contributed by atoms with Gasteiger partial charge in [0.2, 0.25) is 0 Å². The molecule has 6 nitrogen and oxygen atoms in total. The van der Waals surface area contributed by atoms with Crippen LogP contribution in [-0.4, -0.2) is 32.8 Å². The topological polar surface area (TPSA) is 84.2 Å². The highest BCUT2D eigenvalue weighted by Crippen LogP contribution is 2.25. The first-order valence-corrected chi connectivity index (χ1v) is 5.58. The monoisotopic (exact) mass is 237 g/mol. The molecule has 6 heteroatoms. The summed E-state index contributed by atoms with van der Waals surface area (Å²) in [5, 5.41) is 15.6. The van der Waals surface area contributed by atoms with Gasteiger partial charge in [0.15, 0.2) is 0 Å². The van der Waals surface area contributed by atoms with Crippen molar-refractivity contribution in [3.05, 3.63) is 18.0 Å². The number of hydrogen-bond acceptors (Lipinski definition) is 3. The first-order valence-electron chi connectivity index (χ1n) is 5.58. The third-order valence-corrected chi connectivity index (χ3v) is 3.08. The van der Waals surface area contributed by atoms with Crippen molar-refractivity contribution in [3.8, 4) is 0 Å². The largest absolute Gasteiger partial charge is 0.481 e. The van der Waals surface area contributed by atoms with Crippen LogP contribution in [0.2, 0.25) is 0 Å². The predicted octanol–water partition coefficient (Wildman–Crippen LogP) is 0.403. The van der Waals surface area contributed by atoms with Crippen molar-refractivity contribution in [1.29, 1.82) is 0 Å². The fourth-order valence-electron chi connectivity index (χ4n) is 2.14. The van der Waals surface area contributed by atoms with Gasteiger partial charge in [0, 0.05) is 19.3 Å². The summed E-state index contributed by atoms with van der Waals surface area (Å²) in [5.41, 5.74) is 0.506. The molecule has 1 saturated carbocycles. The van der Waals surface area contributed by atoms with E-state index in [0.717, 1.165) is 6.42 Å².